The Morgan fingerprint density at radius 1 is 1.15 bits per heavy atom. The maximum Gasteiger partial charge on any atom is 0.250 e. The Balaban J connectivity index is 1.43. The lowest BCUT2D eigenvalue weighted by Gasteiger charge is -2.30. The van der Waals surface area contributed by atoms with Crippen LogP contribution in [0.2, 0.25) is 0 Å². The number of rotatable bonds is 4. The number of carbonyl (C=O) groups excluding carboxylic acids is 3. The first-order chi connectivity index (χ1) is 16.4. The van der Waals surface area contributed by atoms with Crippen molar-refractivity contribution in [2.75, 3.05) is 12.1 Å². The van der Waals surface area contributed by atoms with Gasteiger partial charge < -0.3 is 19.9 Å². The molecular formula is C25H25N3O6. The summed E-state index contributed by atoms with van der Waals surface area (Å²) >= 11 is 0. The monoisotopic (exact) mass is 463 g/mol. The molecule has 176 valence electrons. The summed E-state index contributed by atoms with van der Waals surface area (Å²) in [5.74, 6) is -1.82. The van der Waals surface area contributed by atoms with Gasteiger partial charge >= 0.3 is 0 Å². The summed E-state index contributed by atoms with van der Waals surface area (Å²) in [5.41, 5.74) is 1.59. The number of hydrogen-bond acceptors (Lipinski definition) is 7. The number of ether oxygens (including phenoxy) is 2. The van der Waals surface area contributed by atoms with Gasteiger partial charge in [-0.05, 0) is 36.6 Å². The largest absolute Gasteiger partial charge is 0.454 e. The van der Waals surface area contributed by atoms with Gasteiger partial charge in [-0.25, -0.2) is 0 Å². The highest BCUT2D eigenvalue weighted by molar-refractivity contribution is 6.15. The molecule has 5 atom stereocenters. The molecule has 4 aliphatic heterocycles. The molecule has 34 heavy (non-hydrogen) atoms. The van der Waals surface area contributed by atoms with E-state index in [9.17, 15) is 19.5 Å². The zero-order valence-corrected chi connectivity index (χ0v) is 18.8. The molecule has 2 aromatic carbocycles. The summed E-state index contributed by atoms with van der Waals surface area (Å²) in [4.78, 5) is 42.1. The minimum Gasteiger partial charge on any atom is -0.454 e. The van der Waals surface area contributed by atoms with E-state index < -0.39 is 41.3 Å². The van der Waals surface area contributed by atoms with Crippen LogP contribution in [-0.4, -0.2) is 46.7 Å². The van der Waals surface area contributed by atoms with E-state index in [0.29, 0.717) is 34.7 Å². The Hall–Kier alpha value is -3.43. The lowest BCUT2D eigenvalue weighted by Crippen LogP contribution is -2.54. The fraction of sp³-hybridized carbons (Fsp3) is 0.400. The minimum absolute atomic E-state index is 0.0490. The van der Waals surface area contributed by atoms with Crippen LogP contribution in [0, 0.1) is 11.8 Å². The van der Waals surface area contributed by atoms with Gasteiger partial charge in [0.2, 0.25) is 24.5 Å². The molecule has 9 heteroatoms. The van der Waals surface area contributed by atoms with Gasteiger partial charge in [0.05, 0.1) is 24.5 Å². The van der Waals surface area contributed by atoms with Crippen molar-refractivity contribution in [3.05, 3.63) is 53.1 Å². The van der Waals surface area contributed by atoms with E-state index in [4.69, 9.17) is 9.47 Å². The maximum absolute atomic E-state index is 13.8. The molecule has 6 rings (SSSR count). The third kappa shape index (κ3) is 2.65. The average molecular weight is 463 g/mol. The van der Waals surface area contributed by atoms with Crippen LogP contribution in [0.1, 0.15) is 30.5 Å². The predicted molar refractivity (Wildman–Crippen MR) is 120 cm³/mol. The van der Waals surface area contributed by atoms with Crippen molar-refractivity contribution in [1.82, 2.24) is 10.2 Å². The second kappa shape index (κ2) is 7.28. The number of para-hydroxylation sites is 1. The Morgan fingerprint density at radius 3 is 2.71 bits per heavy atom. The smallest absolute Gasteiger partial charge is 0.250 e. The van der Waals surface area contributed by atoms with Crippen LogP contribution in [0.15, 0.2) is 36.4 Å². The number of hydrogen-bond donors (Lipinski definition) is 3. The Bertz CT molecular complexity index is 1240. The molecule has 2 fully saturated rings. The van der Waals surface area contributed by atoms with Crippen molar-refractivity contribution in [2.24, 2.45) is 11.8 Å². The number of fused-ring (bicyclic) bond motifs is 5. The molecule has 0 saturated carbocycles. The molecule has 2 saturated heterocycles. The van der Waals surface area contributed by atoms with E-state index in [0.717, 1.165) is 5.56 Å². The van der Waals surface area contributed by atoms with Gasteiger partial charge in [0, 0.05) is 17.3 Å². The number of aliphatic hydroxyl groups excluding tert-OH is 1. The van der Waals surface area contributed by atoms with Gasteiger partial charge in [-0.2, -0.15) is 0 Å². The number of nitrogens with one attached hydrogen (secondary N) is 2. The number of aliphatic hydroxyl groups is 1. The third-order valence-corrected chi connectivity index (χ3v) is 7.54. The molecule has 2 aromatic rings. The van der Waals surface area contributed by atoms with Crippen molar-refractivity contribution in [1.29, 1.82) is 0 Å². The van der Waals surface area contributed by atoms with Crippen LogP contribution in [0.5, 0.6) is 11.5 Å². The standard InChI is InChI=1S/C25H25N3O6/c1-3-14-5-4-6-15-21(14)26-24(32)25(15)19-18(20(27-25)12(2)29)22(30)28(23(19)31)10-13-7-8-16-17(9-13)34-11-33-16/h4-9,12,18-20,27,29H,3,10-11H2,1-2H3,(H,26,32)/t12-,18+,19-,20-,25-/m1/s1. The summed E-state index contributed by atoms with van der Waals surface area (Å²) in [6.45, 7) is 3.74. The zero-order valence-electron chi connectivity index (χ0n) is 18.8. The number of anilines is 1. The van der Waals surface area contributed by atoms with E-state index in [1.165, 1.54) is 4.90 Å². The fourth-order valence-electron chi connectivity index (χ4n) is 5.97. The lowest BCUT2D eigenvalue weighted by atomic mass is 9.76. The highest BCUT2D eigenvalue weighted by Crippen LogP contribution is 2.54. The highest BCUT2D eigenvalue weighted by atomic mass is 16.7. The van der Waals surface area contributed by atoms with Crippen LogP contribution in [-0.2, 0) is 32.9 Å². The van der Waals surface area contributed by atoms with E-state index in [-0.39, 0.29) is 19.2 Å². The Kier molecular flexibility index (Phi) is 4.53. The first kappa shape index (κ1) is 21.1. The fourth-order valence-corrected chi connectivity index (χ4v) is 5.97. The summed E-state index contributed by atoms with van der Waals surface area (Å²) in [7, 11) is 0. The molecule has 1 spiro atoms. The third-order valence-electron chi connectivity index (χ3n) is 7.54. The Morgan fingerprint density at radius 2 is 1.94 bits per heavy atom. The molecule has 9 nitrogen and oxygen atoms in total. The van der Waals surface area contributed by atoms with Crippen LogP contribution in [0.4, 0.5) is 5.69 Å². The van der Waals surface area contributed by atoms with E-state index >= 15 is 0 Å². The van der Waals surface area contributed by atoms with E-state index in [1.807, 2.05) is 25.1 Å². The molecule has 0 bridgehead atoms. The van der Waals surface area contributed by atoms with Gasteiger partial charge in [0.15, 0.2) is 11.5 Å². The summed E-state index contributed by atoms with van der Waals surface area (Å²) in [6, 6.07) is 10.2. The summed E-state index contributed by atoms with van der Waals surface area (Å²) in [6.07, 6.45) is -0.239. The number of benzene rings is 2. The number of imide groups is 1. The molecule has 4 heterocycles. The van der Waals surface area contributed by atoms with Crippen molar-refractivity contribution >= 4 is 23.4 Å². The SMILES string of the molecule is CCc1cccc2c1NC(=O)[C@@]21N[C@H]([C@@H](C)O)[C@H]2C(=O)N(Cc3ccc4c(c3)OCO4)C(=O)[C@@H]21. The first-order valence-electron chi connectivity index (χ1n) is 11.5. The average Bonchev–Trinajstić information content (AvgIpc) is 3.55. The zero-order chi connectivity index (χ0) is 23.8. The molecule has 3 N–H and O–H groups in total. The number of aryl methyl sites for hydroxylation is 1. The molecule has 3 amide bonds. The normalized spacial score (nSPS) is 29.6. The van der Waals surface area contributed by atoms with Crippen molar-refractivity contribution in [2.45, 2.75) is 44.5 Å². The van der Waals surface area contributed by atoms with Crippen molar-refractivity contribution in [3.63, 3.8) is 0 Å². The van der Waals surface area contributed by atoms with Crippen molar-refractivity contribution in [3.8, 4) is 11.5 Å². The number of likely N-dealkylation sites (tertiary alicyclic amines) is 1. The minimum atomic E-state index is -1.41. The van der Waals surface area contributed by atoms with Crippen LogP contribution in [0.3, 0.4) is 0 Å². The van der Waals surface area contributed by atoms with Crippen LogP contribution < -0.4 is 20.1 Å². The number of carbonyl (C=O) groups is 3. The van der Waals surface area contributed by atoms with Crippen LogP contribution in [0.25, 0.3) is 0 Å². The van der Waals surface area contributed by atoms with Gasteiger partial charge in [-0.15, -0.1) is 0 Å². The predicted octanol–water partition coefficient (Wildman–Crippen LogP) is 1.28. The van der Waals surface area contributed by atoms with Gasteiger partial charge in [-0.1, -0.05) is 31.2 Å². The number of nitrogens with zero attached hydrogens (tertiary/aromatic N) is 1. The van der Waals surface area contributed by atoms with Gasteiger partial charge in [0.1, 0.15) is 5.54 Å². The summed E-state index contributed by atoms with van der Waals surface area (Å²) in [5, 5.41) is 16.7. The first-order valence-corrected chi connectivity index (χ1v) is 11.5. The quantitative estimate of drug-likeness (QED) is 0.585. The van der Waals surface area contributed by atoms with Crippen molar-refractivity contribution < 1.29 is 29.0 Å². The second-order valence-corrected chi connectivity index (χ2v) is 9.32. The Labute approximate surface area is 196 Å². The second-order valence-electron chi connectivity index (χ2n) is 9.32. The lowest BCUT2D eigenvalue weighted by molar-refractivity contribution is -0.143. The molecular weight excluding hydrogens is 438 g/mol. The highest BCUT2D eigenvalue weighted by Gasteiger charge is 2.71. The molecule has 0 unspecified atom stereocenters. The topological polar surface area (TPSA) is 117 Å². The molecule has 4 aliphatic rings. The molecule has 0 radical (unpaired) electrons. The van der Waals surface area contributed by atoms with E-state index in [2.05, 4.69) is 10.6 Å². The van der Waals surface area contributed by atoms with E-state index in [1.54, 1.807) is 25.1 Å². The molecule has 0 aromatic heterocycles. The van der Waals surface area contributed by atoms with Gasteiger partial charge in [-0.3, -0.25) is 24.6 Å². The molecule has 0 aliphatic carbocycles. The van der Waals surface area contributed by atoms with Gasteiger partial charge in [0.25, 0.3) is 0 Å². The maximum atomic E-state index is 13.8. The summed E-state index contributed by atoms with van der Waals surface area (Å²) < 4.78 is 10.8. The number of amides is 3. The van der Waals surface area contributed by atoms with Crippen LogP contribution >= 0.6 is 0 Å².